The second-order valence-electron chi connectivity index (χ2n) is 7.42. The number of benzene rings is 1. The van der Waals surface area contributed by atoms with Crippen molar-refractivity contribution in [2.45, 2.75) is 39.8 Å². The highest BCUT2D eigenvalue weighted by atomic mass is 127. The number of hydrogen-bond donors (Lipinski definition) is 1. The van der Waals surface area contributed by atoms with Crippen LogP contribution in [-0.4, -0.2) is 35.0 Å². The second kappa shape index (κ2) is 6.86. The molecule has 1 aromatic carbocycles. The summed E-state index contributed by atoms with van der Waals surface area (Å²) in [5.41, 5.74) is 2.69. The molecule has 1 N–H and O–H groups in total. The molecule has 4 nitrogen and oxygen atoms in total. The third-order valence-corrected chi connectivity index (χ3v) is 5.53. The van der Waals surface area contributed by atoms with E-state index in [0.717, 1.165) is 24.6 Å². The number of guanidine groups is 1. The molecule has 5 heteroatoms. The number of aliphatic imine (C=N–C) groups is 1. The van der Waals surface area contributed by atoms with E-state index in [0.29, 0.717) is 5.41 Å². The van der Waals surface area contributed by atoms with Crippen molar-refractivity contribution in [1.29, 1.82) is 0 Å². The Bertz CT molecular complexity index is 747. The van der Waals surface area contributed by atoms with Crippen LogP contribution in [0.3, 0.4) is 0 Å². The molecule has 1 fully saturated rings. The van der Waals surface area contributed by atoms with E-state index < -0.39 is 0 Å². The van der Waals surface area contributed by atoms with Gasteiger partial charge in [0.1, 0.15) is 0 Å². The minimum Gasteiger partial charge on any atom is -0.352 e. The maximum Gasteiger partial charge on any atom is 0.194 e. The number of aromatic nitrogens is 1. The van der Waals surface area contributed by atoms with Crippen LogP contribution in [-0.2, 0) is 6.54 Å². The minimum absolute atomic E-state index is 0. The number of likely N-dealkylation sites (tertiary alicyclic amines) is 1. The fourth-order valence-electron chi connectivity index (χ4n) is 3.18. The lowest BCUT2D eigenvalue weighted by Gasteiger charge is -2.62. The minimum atomic E-state index is 0. The van der Waals surface area contributed by atoms with E-state index in [1.54, 1.807) is 0 Å². The maximum absolute atomic E-state index is 4.48. The van der Waals surface area contributed by atoms with Gasteiger partial charge in [-0.05, 0) is 31.5 Å². The van der Waals surface area contributed by atoms with E-state index >= 15 is 0 Å². The molecule has 1 aromatic heterocycles. The lowest BCUT2D eigenvalue weighted by molar-refractivity contribution is -0.0667. The zero-order valence-corrected chi connectivity index (χ0v) is 17.5. The fourth-order valence-corrected chi connectivity index (χ4v) is 3.18. The van der Waals surface area contributed by atoms with Gasteiger partial charge in [0.25, 0.3) is 0 Å². The molecule has 130 valence electrons. The van der Waals surface area contributed by atoms with Gasteiger partial charge in [0.2, 0.25) is 0 Å². The summed E-state index contributed by atoms with van der Waals surface area (Å²) in [7, 11) is 1.86. The van der Waals surface area contributed by atoms with E-state index in [4.69, 9.17) is 0 Å². The van der Waals surface area contributed by atoms with E-state index in [-0.39, 0.29) is 29.5 Å². The first-order valence-electron chi connectivity index (χ1n) is 8.18. The number of fused-ring (bicyclic) bond motifs is 1. The fraction of sp³-hybridized carbons (Fsp3) is 0.474. The number of halogens is 1. The Morgan fingerprint density at radius 1 is 1.21 bits per heavy atom. The highest BCUT2D eigenvalue weighted by molar-refractivity contribution is 14.0. The third kappa shape index (κ3) is 3.10. The zero-order chi connectivity index (χ0) is 16.7. The first-order valence-corrected chi connectivity index (χ1v) is 8.18. The van der Waals surface area contributed by atoms with Gasteiger partial charge in [0.05, 0.1) is 5.52 Å². The molecule has 0 aliphatic carbocycles. The van der Waals surface area contributed by atoms with Gasteiger partial charge in [-0.1, -0.05) is 32.0 Å². The normalized spacial score (nSPS) is 18.7. The molecular weight excluding hydrogens is 411 g/mol. The average molecular weight is 438 g/mol. The lowest BCUT2D eigenvalue weighted by Crippen LogP contribution is -2.72. The summed E-state index contributed by atoms with van der Waals surface area (Å²) >= 11 is 0. The SMILES string of the molecule is CN=C(NCc1ccnc2ccccc12)N1CC(C)(C)C1(C)C.I. The summed E-state index contributed by atoms with van der Waals surface area (Å²) in [6.07, 6.45) is 1.87. The van der Waals surface area contributed by atoms with E-state index in [9.17, 15) is 0 Å². The van der Waals surface area contributed by atoms with Crippen LogP contribution in [0, 0.1) is 5.41 Å². The summed E-state index contributed by atoms with van der Waals surface area (Å²) in [5, 5.41) is 4.72. The summed E-state index contributed by atoms with van der Waals surface area (Å²) in [4.78, 5) is 11.3. The maximum atomic E-state index is 4.48. The smallest absolute Gasteiger partial charge is 0.194 e. The van der Waals surface area contributed by atoms with Gasteiger partial charge >= 0.3 is 0 Å². The van der Waals surface area contributed by atoms with Gasteiger partial charge in [-0.3, -0.25) is 9.98 Å². The van der Waals surface area contributed by atoms with E-state index in [1.165, 1.54) is 10.9 Å². The molecule has 0 spiro atoms. The van der Waals surface area contributed by atoms with Crippen molar-refractivity contribution < 1.29 is 0 Å². The van der Waals surface area contributed by atoms with Crippen molar-refractivity contribution in [2.75, 3.05) is 13.6 Å². The second-order valence-corrected chi connectivity index (χ2v) is 7.42. The molecule has 0 unspecified atom stereocenters. The molecule has 0 atom stereocenters. The van der Waals surface area contributed by atoms with Crippen LogP contribution in [0.1, 0.15) is 33.3 Å². The summed E-state index contributed by atoms with van der Waals surface area (Å²) in [6, 6.07) is 10.3. The van der Waals surface area contributed by atoms with Crippen molar-refractivity contribution in [3.8, 4) is 0 Å². The van der Waals surface area contributed by atoms with Gasteiger partial charge in [0, 0.05) is 42.7 Å². The zero-order valence-electron chi connectivity index (χ0n) is 15.1. The summed E-state index contributed by atoms with van der Waals surface area (Å²) < 4.78 is 0. The molecule has 24 heavy (non-hydrogen) atoms. The Morgan fingerprint density at radius 3 is 2.54 bits per heavy atom. The summed E-state index contributed by atoms with van der Waals surface area (Å²) in [5.74, 6) is 0.968. The van der Waals surface area contributed by atoms with Crippen LogP contribution < -0.4 is 5.32 Å². The topological polar surface area (TPSA) is 40.5 Å². The van der Waals surface area contributed by atoms with E-state index in [1.807, 2.05) is 19.3 Å². The Labute approximate surface area is 161 Å². The standard InChI is InChI=1S/C19H26N4.HI/c1-18(2)13-23(19(18,3)4)17(20-5)22-12-14-10-11-21-16-9-7-6-8-15(14)16;/h6-11H,12-13H2,1-5H3,(H,20,22);1H. The van der Waals surface area contributed by atoms with Gasteiger partial charge < -0.3 is 10.2 Å². The molecule has 2 heterocycles. The number of rotatable bonds is 2. The van der Waals surface area contributed by atoms with Crippen molar-refractivity contribution in [3.05, 3.63) is 42.1 Å². The molecule has 1 saturated heterocycles. The Kier molecular flexibility index (Phi) is 5.42. The first kappa shape index (κ1) is 19.0. The van der Waals surface area contributed by atoms with Crippen LogP contribution >= 0.6 is 24.0 Å². The van der Waals surface area contributed by atoms with Crippen LogP contribution in [0.15, 0.2) is 41.5 Å². The van der Waals surface area contributed by atoms with E-state index in [2.05, 4.69) is 72.2 Å². The van der Waals surface area contributed by atoms with Crippen molar-refractivity contribution in [3.63, 3.8) is 0 Å². The van der Waals surface area contributed by atoms with Crippen LogP contribution in [0.5, 0.6) is 0 Å². The molecule has 2 aromatic rings. The lowest BCUT2D eigenvalue weighted by atomic mass is 9.65. The Morgan fingerprint density at radius 2 is 1.92 bits per heavy atom. The number of nitrogens with one attached hydrogen (secondary N) is 1. The predicted molar refractivity (Wildman–Crippen MR) is 112 cm³/mol. The van der Waals surface area contributed by atoms with Gasteiger partial charge in [-0.2, -0.15) is 0 Å². The largest absolute Gasteiger partial charge is 0.352 e. The molecule has 1 aliphatic rings. The third-order valence-electron chi connectivity index (χ3n) is 5.53. The van der Waals surface area contributed by atoms with Crippen molar-refractivity contribution in [1.82, 2.24) is 15.2 Å². The first-order chi connectivity index (χ1) is 10.9. The molecule has 0 radical (unpaired) electrons. The Balaban J connectivity index is 0.00000208. The monoisotopic (exact) mass is 438 g/mol. The van der Waals surface area contributed by atoms with Crippen LogP contribution in [0.4, 0.5) is 0 Å². The number of nitrogens with zero attached hydrogens (tertiary/aromatic N) is 3. The Hall–Kier alpha value is -1.37. The van der Waals surface area contributed by atoms with Crippen molar-refractivity contribution in [2.24, 2.45) is 10.4 Å². The average Bonchev–Trinajstić information content (AvgIpc) is 2.54. The molecular formula is C19H27IN4. The number of pyridine rings is 1. The van der Waals surface area contributed by atoms with Crippen molar-refractivity contribution >= 4 is 40.8 Å². The van der Waals surface area contributed by atoms with Gasteiger partial charge in [-0.15, -0.1) is 24.0 Å². The number of hydrogen-bond acceptors (Lipinski definition) is 2. The van der Waals surface area contributed by atoms with Gasteiger partial charge in [-0.25, -0.2) is 0 Å². The molecule has 0 bridgehead atoms. The molecule has 3 rings (SSSR count). The van der Waals surface area contributed by atoms with Gasteiger partial charge in [0.15, 0.2) is 5.96 Å². The number of para-hydroxylation sites is 1. The highest BCUT2D eigenvalue weighted by Gasteiger charge is 2.53. The summed E-state index contributed by atoms with van der Waals surface area (Å²) in [6.45, 7) is 11.0. The predicted octanol–water partition coefficient (Wildman–Crippen LogP) is 4.05. The highest BCUT2D eigenvalue weighted by Crippen LogP contribution is 2.46. The molecule has 0 amide bonds. The molecule has 0 saturated carbocycles. The van der Waals surface area contributed by atoms with Crippen LogP contribution in [0.2, 0.25) is 0 Å². The molecule has 1 aliphatic heterocycles. The van der Waals surface area contributed by atoms with Crippen LogP contribution in [0.25, 0.3) is 10.9 Å². The quantitative estimate of drug-likeness (QED) is 0.437.